The van der Waals surface area contributed by atoms with Crippen molar-refractivity contribution in [3.05, 3.63) is 28.0 Å². The van der Waals surface area contributed by atoms with Crippen LogP contribution in [-0.2, 0) is 16.6 Å². The fourth-order valence-electron chi connectivity index (χ4n) is 2.46. The van der Waals surface area contributed by atoms with Gasteiger partial charge in [0.1, 0.15) is 6.04 Å². The van der Waals surface area contributed by atoms with E-state index >= 15 is 0 Å². The number of rotatable bonds is 2. The van der Waals surface area contributed by atoms with Crippen LogP contribution in [0.5, 0.6) is 0 Å². The van der Waals surface area contributed by atoms with Crippen LogP contribution in [0.15, 0.2) is 24.4 Å². The topological polar surface area (TPSA) is 63.1 Å². The van der Waals surface area contributed by atoms with Crippen LogP contribution in [0.4, 0.5) is 5.69 Å². The number of halogens is 1. The third-order valence-corrected chi connectivity index (χ3v) is 4.38. The lowest BCUT2D eigenvalue weighted by molar-refractivity contribution is -0.133. The predicted octanol–water partition coefficient (Wildman–Crippen LogP) is 2.00. The van der Waals surface area contributed by atoms with Gasteiger partial charge in [-0.05, 0) is 47.2 Å². The van der Waals surface area contributed by atoms with Gasteiger partial charge in [0.25, 0.3) is 0 Å². The Kier molecular flexibility index (Phi) is 3.41. The number of nitrogens with zero attached hydrogens (tertiary/aromatic N) is 1. The van der Waals surface area contributed by atoms with Crippen molar-refractivity contribution >= 4 is 51.0 Å². The Balaban J connectivity index is 1.86. The molecule has 3 rings (SSSR count). The minimum atomic E-state index is -0.343. The maximum absolute atomic E-state index is 11.7. The van der Waals surface area contributed by atoms with Crippen LogP contribution < -0.4 is 10.6 Å². The molecule has 0 radical (unpaired) electrons. The summed E-state index contributed by atoms with van der Waals surface area (Å²) in [6.45, 7) is 0. The molecule has 0 saturated carbocycles. The van der Waals surface area contributed by atoms with Crippen LogP contribution in [0.25, 0.3) is 10.9 Å². The number of amides is 2. The fourth-order valence-corrected chi connectivity index (χ4v) is 3.33. The molecule has 1 saturated heterocycles. The molecule has 1 aliphatic heterocycles. The van der Waals surface area contributed by atoms with Gasteiger partial charge in [-0.15, -0.1) is 0 Å². The van der Waals surface area contributed by atoms with Gasteiger partial charge in [-0.1, -0.05) is 0 Å². The van der Waals surface area contributed by atoms with E-state index in [0.717, 1.165) is 11.2 Å². The van der Waals surface area contributed by atoms with E-state index in [1.165, 1.54) is 8.96 Å². The van der Waals surface area contributed by atoms with Crippen LogP contribution in [0, 0.1) is 3.57 Å². The lowest BCUT2D eigenvalue weighted by Gasteiger charge is -2.22. The molecule has 1 aliphatic rings. The summed E-state index contributed by atoms with van der Waals surface area (Å²) in [6, 6.07) is 5.70. The number of aromatic nitrogens is 1. The third-order valence-electron chi connectivity index (χ3n) is 3.52. The first kappa shape index (κ1) is 13.4. The maximum Gasteiger partial charge on any atom is 0.249 e. The molecule has 2 aromatic rings. The Morgan fingerprint density at radius 3 is 2.95 bits per heavy atom. The molecule has 0 spiro atoms. The molecule has 2 amide bonds. The molecule has 1 aromatic carbocycles. The first-order valence-electron chi connectivity index (χ1n) is 6.39. The second kappa shape index (κ2) is 5.08. The van der Waals surface area contributed by atoms with Crippen molar-refractivity contribution in [2.75, 3.05) is 5.32 Å². The number of carbonyl (C=O) groups excluding carboxylic acids is 2. The minimum Gasteiger partial charge on any atom is -0.374 e. The summed E-state index contributed by atoms with van der Waals surface area (Å²) in [7, 11) is 2.00. The summed E-state index contributed by atoms with van der Waals surface area (Å²) in [5, 5.41) is 6.75. The van der Waals surface area contributed by atoms with Crippen molar-refractivity contribution in [2.24, 2.45) is 7.05 Å². The van der Waals surface area contributed by atoms with E-state index in [2.05, 4.69) is 44.0 Å². The van der Waals surface area contributed by atoms with Crippen molar-refractivity contribution in [2.45, 2.75) is 18.9 Å². The highest BCUT2D eigenvalue weighted by Gasteiger charge is 2.26. The zero-order valence-corrected chi connectivity index (χ0v) is 13.1. The Labute approximate surface area is 129 Å². The van der Waals surface area contributed by atoms with E-state index in [1.54, 1.807) is 0 Å². The van der Waals surface area contributed by atoms with E-state index in [0.29, 0.717) is 12.8 Å². The van der Waals surface area contributed by atoms with E-state index in [9.17, 15) is 9.59 Å². The number of hydrogen-bond acceptors (Lipinski definition) is 3. The molecule has 104 valence electrons. The lowest BCUT2D eigenvalue weighted by Crippen LogP contribution is -2.47. The molecular formula is C14H14IN3O2. The summed E-state index contributed by atoms with van der Waals surface area (Å²) < 4.78 is 3.26. The third kappa shape index (κ3) is 2.39. The molecule has 1 aromatic heterocycles. The van der Waals surface area contributed by atoms with Gasteiger partial charge in [0.2, 0.25) is 11.8 Å². The Bertz CT molecular complexity index is 708. The van der Waals surface area contributed by atoms with E-state index < -0.39 is 0 Å². The predicted molar refractivity (Wildman–Crippen MR) is 85.4 cm³/mol. The normalized spacial score (nSPS) is 19.2. The van der Waals surface area contributed by atoms with Crippen molar-refractivity contribution in [1.82, 2.24) is 9.88 Å². The number of hydrogen-bond donors (Lipinski definition) is 2. The first-order valence-corrected chi connectivity index (χ1v) is 7.47. The Morgan fingerprint density at radius 1 is 1.40 bits per heavy atom. The highest BCUT2D eigenvalue weighted by molar-refractivity contribution is 14.1. The zero-order chi connectivity index (χ0) is 14.3. The SMILES string of the molecule is Cn1cc(I)c2ccc(NC3CCC(=O)NC3=O)cc21. The molecule has 0 aliphatic carbocycles. The molecule has 2 heterocycles. The number of piperidine rings is 1. The number of benzene rings is 1. The summed E-state index contributed by atoms with van der Waals surface area (Å²) in [6.07, 6.45) is 2.99. The van der Waals surface area contributed by atoms with Crippen LogP contribution in [0.3, 0.4) is 0 Å². The smallest absolute Gasteiger partial charge is 0.249 e. The standard InChI is InChI=1S/C14H14IN3O2/c1-18-7-10(15)9-3-2-8(6-12(9)18)16-11-4-5-13(19)17-14(11)20/h2-3,6-7,11,16H,4-5H2,1H3,(H,17,19,20). The highest BCUT2D eigenvalue weighted by atomic mass is 127. The van der Waals surface area contributed by atoms with Gasteiger partial charge >= 0.3 is 0 Å². The number of nitrogens with one attached hydrogen (secondary N) is 2. The first-order chi connectivity index (χ1) is 9.54. The molecule has 5 nitrogen and oxygen atoms in total. The zero-order valence-electron chi connectivity index (χ0n) is 10.9. The highest BCUT2D eigenvalue weighted by Crippen LogP contribution is 2.26. The summed E-state index contributed by atoms with van der Waals surface area (Å²) in [5.74, 6) is -0.441. The van der Waals surface area contributed by atoms with Gasteiger partial charge in [0.05, 0.1) is 5.52 Å². The second-order valence-electron chi connectivity index (χ2n) is 4.97. The number of anilines is 1. The molecule has 0 bridgehead atoms. The van der Waals surface area contributed by atoms with Gasteiger partial charge in [0, 0.05) is 34.3 Å². The Hall–Kier alpha value is -1.57. The molecule has 6 heteroatoms. The van der Waals surface area contributed by atoms with Crippen LogP contribution in [-0.4, -0.2) is 22.4 Å². The van der Waals surface area contributed by atoms with Crippen molar-refractivity contribution in [3.63, 3.8) is 0 Å². The van der Waals surface area contributed by atoms with Crippen LogP contribution in [0.2, 0.25) is 0 Å². The monoisotopic (exact) mass is 383 g/mol. The quantitative estimate of drug-likeness (QED) is 0.616. The largest absolute Gasteiger partial charge is 0.374 e. The molecule has 20 heavy (non-hydrogen) atoms. The molecular weight excluding hydrogens is 369 g/mol. The molecule has 2 N–H and O–H groups in total. The van der Waals surface area contributed by atoms with Crippen LogP contribution in [0.1, 0.15) is 12.8 Å². The molecule has 1 fully saturated rings. The van der Waals surface area contributed by atoms with Crippen molar-refractivity contribution in [3.8, 4) is 0 Å². The fraction of sp³-hybridized carbons (Fsp3) is 0.286. The lowest BCUT2D eigenvalue weighted by atomic mass is 10.1. The van der Waals surface area contributed by atoms with Gasteiger partial charge in [0.15, 0.2) is 0 Å². The van der Waals surface area contributed by atoms with Gasteiger partial charge in [-0.2, -0.15) is 0 Å². The van der Waals surface area contributed by atoms with Crippen LogP contribution >= 0.6 is 22.6 Å². The summed E-state index contributed by atoms with van der Waals surface area (Å²) in [5.41, 5.74) is 2.01. The van der Waals surface area contributed by atoms with Gasteiger partial charge in [-0.25, -0.2) is 0 Å². The second-order valence-corrected chi connectivity index (χ2v) is 6.13. The minimum absolute atomic E-state index is 0.194. The van der Waals surface area contributed by atoms with Gasteiger partial charge < -0.3 is 9.88 Å². The Morgan fingerprint density at radius 2 is 2.20 bits per heavy atom. The summed E-state index contributed by atoms with van der Waals surface area (Å²) >= 11 is 2.31. The number of aryl methyl sites for hydroxylation is 1. The van der Waals surface area contributed by atoms with E-state index in [1.807, 2.05) is 25.2 Å². The number of fused-ring (bicyclic) bond motifs is 1. The summed E-state index contributed by atoms with van der Waals surface area (Å²) in [4.78, 5) is 22.9. The van der Waals surface area contributed by atoms with E-state index in [-0.39, 0.29) is 17.9 Å². The average Bonchev–Trinajstić information content (AvgIpc) is 2.68. The number of carbonyl (C=O) groups is 2. The van der Waals surface area contributed by atoms with Gasteiger partial charge in [-0.3, -0.25) is 14.9 Å². The molecule has 1 atom stereocenters. The van der Waals surface area contributed by atoms with Crippen molar-refractivity contribution < 1.29 is 9.59 Å². The average molecular weight is 383 g/mol. The molecule has 1 unspecified atom stereocenters. The maximum atomic E-state index is 11.7. The van der Waals surface area contributed by atoms with E-state index in [4.69, 9.17) is 0 Å². The number of imide groups is 1. The van der Waals surface area contributed by atoms with Crippen molar-refractivity contribution in [1.29, 1.82) is 0 Å².